The summed E-state index contributed by atoms with van der Waals surface area (Å²) in [6, 6.07) is 6.59. The standard InChI is InChI=1S/C31H46N2O/c1-5-34-19-22-7-10-25-23(17-22)9-11-27-26(25)14-15-31(4)28(12-13-29(27)31)20(2)16-24-8-6-21(3)33-30(24)18-32/h6,8,20,22-23,25-29H,5,7,9-17,19H2,1-4H3/t20-,22-,23+,25-,26?,27+,28?,29?,31+/m0/s1. The number of aryl methyl sites for hydroxylation is 1. The van der Waals surface area contributed by atoms with Gasteiger partial charge in [-0.15, -0.1) is 0 Å². The Hall–Kier alpha value is -1.40. The Balaban J connectivity index is 1.26. The zero-order valence-electron chi connectivity index (χ0n) is 22.1. The van der Waals surface area contributed by atoms with Crippen LogP contribution in [-0.2, 0) is 11.2 Å². The van der Waals surface area contributed by atoms with Gasteiger partial charge < -0.3 is 4.74 Å². The summed E-state index contributed by atoms with van der Waals surface area (Å²) in [4.78, 5) is 4.52. The van der Waals surface area contributed by atoms with E-state index in [-0.39, 0.29) is 0 Å². The summed E-state index contributed by atoms with van der Waals surface area (Å²) < 4.78 is 5.80. The van der Waals surface area contributed by atoms with E-state index < -0.39 is 0 Å². The Morgan fingerprint density at radius 2 is 1.91 bits per heavy atom. The minimum absolute atomic E-state index is 0.491. The summed E-state index contributed by atoms with van der Waals surface area (Å²) >= 11 is 0. The van der Waals surface area contributed by atoms with E-state index in [4.69, 9.17) is 4.74 Å². The molecule has 0 amide bonds. The second-order valence-electron chi connectivity index (χ2n) is 12.8. The Labute approximate surface area is 208 Å². The summed E-state index contributed by atoms with van der Waals surface area (Å²) in [7, 11) is 0. The van der Waals surface area contributed by atoms with E-state index in [0.29, 0.717) is 17.0 Å². The van der Waals surface area contributed by atoms with Crippen molar-refractivity contribution in [2.24, 2.45) is 52.8 Å². The smallest absolute Gasteiger partial charge is 0.143 e. The van der Waals surface area contributed by atoms with Gasteiger partial charge in [-0.3, -0.25) is 0 Å². The normalized spacial score (nSPS) is 40.0. The molecule has 4 aliphatic rings. The summed E-state index contributed by atoms with van der Waals surface area (Å²) in [5.41, 5.74) is 3.24. The Kier molecular flexibility index (Phi) is 7.09. The monoisotopic (exact) mass is 462 g/mol. The highest BCUT2D eigenvalue weighted by Crippen LogP contribution is 2.65. The lowest BCUT2D eigenvalue weighted by atomic mass is 9.48. The average Bonchev–Trinajstić information content (AvgIpc) is 3.20. The third-order valence-corrected chi connectivity index (χ3v) is 11.1. The highest BCUT2D eigenvalue weighted by atomic mass is 16.5. The highest BCUT2D eigenvalue weighted by Gasteiger charge is 2.57. The quantitative estimate of drug-likeness (QED) is 0.443. The summed E-state index contributed by atoms with van der Waals surface area (Å²) in [5.74, 6) is 7.07. The fraction of sp³-hybridized carbons (Fsp3) is 0.806. The zero-order chi connectivity index (χ0) is 23.9. The second-order valence-corrected chi connectivity index (χ2v) is 12.8. The predicted molar refractivity (Wildman–Crippen MR) is 137 cm³/mol. The van der Waals surface area contributed by atoms with Crippen molar-refractivity contribution in [1.82, 2.24) is 4.98 Å². The zero-order valence-corrected chi connectivity index (χ0v) is 22.1. The van der Waals surface area contributed by atoms with Gasteiger partial charge in [0.05, 0.1) is 0 Å². The van der Waals surface area contributed by atoms with Crippen LogP contribution in [0, 0.1) is 71.0 Å². The van der Waals surface area contributed by atoms with Crippen molar-refractivity contribution in [3.63, 3.8) is 0 Å². The van der Waals surface area contributed by atoms with E-state index in [9.17, 15) is 5.26 Å². The van der Waals surface area contributed by atoms with Crippen LogP contribution in [0.2, 0.25) is 0 Å². The van der Waals surface area contributed by atoms with E-state index in [0.717, 1.165) is 72.3 Å². The van der Waals surface area contributed by atoms with Crippen LogP contribution in [0.15, 0.2) is 12.1 Å². The van der Waals surface area contributed by atoms with Crippen LogP contribution >= 0.6 is 0 Å². The minimum atomic E-state index is 0.491. The third kappa shape index (κ3) is 4.34. The molecule has 1 aromatic rings. The average molecular weight is 463 g/mol. The molecule has 3 heteroatoms. The van der Waals surface area contributed by atoms with Crippen molar-refractivity contribution in [1.29, 1.82) is 5.26 Å². The lowest BCUT2D eigenvalue weighted by molar-refractivity contribution is -0.0777. The number of nitrogens with zero attached hydrogens (tertiary/aromatic N) is 2. The number of rotatable bonds is 6. The Morgan fingerprint density at radius 1 is 1.09 bits per heavy atom. The Morgan fingerprint density at radius 3 is 2.71 bits per heavy atom. The molecule has 0 aromatic carbocycles. The molecule has 3 unspecified atom stereocenters. The molecule has 3 nitrogen and oxygen atoms in total. The Bertz CT molecular complexity index is 905. The predicted octanol–water partition coefficient (Wildman–Crippen LogP) is 7.36. The first kappa shape index (κ1) is 24.3. The molecule has 0 N–H and O–H groups in total. The molecule has 0 radical (unpaired) electrons. The van der Waals surface area contributed by atoms with Gasteiger partial charge in [0.2, 0.25) is 0 Å². The first-order valence-corrected chi connectivity index (χ1v) is 14.4. The third-order valence-electron chi connectivity index (χ3n) is 11.1. The van der Waals surface area contributed by atoms with Gasteiger partial charge >= 0.3 is 0 Å². The van der Waals surface area contributed by atoms with E-state index in [1.807, 2.05) is 6.92 Å². The number of hydrogen-bond donors (Lipinski definition) is 0. The van der Waals surface area contributed by atoms with Gasteiger partial charge in [-0.25, -0.2) is 4.98 Å². The summed E-state index contributed by atoms with van der Waals surface area (Å²) in [6.45, 7) is 11.1. The van der Waals surface area contributed by atoms with Crippen molar-refractivity contribution >= 4 is 0 Å². The van der Waals surface area contributed by atoms with E-state index in [1.54, 1.807) is 0 Å². The van der Waals surface area contributed by atoms with Gasteiger partial charge in [0, 0.05) is 18.9 Å². The molecule has 0 aliphatic heterocycles. The maximum absolute atomic E-state index is 9.62. The summed E-state index contributed by atoms with van der Waals surface area (Å²) in [6.07, 6.45) is 14.0. The highest BCUT2D eigenvalue weighted by molar-refractivity contribution is 5.33. The van der Waals surface area contributed by atoms with Crippen LogP contribution in [-0.4, -0.2) is 18.2 Å². The SMILES string of the molecule is CCOC[C@H]1CC[C@@H]2C3CC[C@@]4(C)C(CCC4[C@@H](C)Cc4ccc(C)nc4C#N)[C@@H]3CC[C@@H]2C1. The number of ether oxygens (including phenoxy) is 1. The lowest BCUT2D eigenvalue weighted by Gasteiger charge is -2.57. The van der Waals surface area contributed by atoms with Crippen molar-refractivity contribution in [3.05, 3.63) is 29.1 Å². The molecule has 4 aliphatic carbocycles. The van der Waals surface area contributed by atoms with Crippen molar-refractivity contribution in [2.45, 2.75) is 91.9 Å². The van der Waals surface area contributed by atoms with Crippen LogP contribution in [0.3, 0.4) is 0 Å². The molecule has 1 aromatic heterocycles. The number of aromatic nitrogens is 1. The van der Waals surface area contributed by atoms with Gasteiger partial charge in [0.25, 0.3) is 0 Å². The lowest BCUT2D eigenvalue weighted by Crippen LogP contribution is -2.49. The van der Waals surface area contributed by atoms with E-state index >= 15 is 0 Å². The maximum atomic E-state index is 9.62. The largest absolute Gasteiger partial charge is 0.381 e. The van der Waals surface area contributed by atoms with Crippen LogP contribution in [0.1, 0.15) is 95.5 Å². The van der Waals surface area contributed by atoms with E-state index in [2.05, 4.69) is 44.0 Å². The number of fused-ring (bicyclic) bond motifs is 5. The maximum Gasteiger partial charge on any atom is 0.143 e. The molecular weight excluding hydrogens is 416 g/mol. The first-order chi connectivity index (χ1) is 16.4. The minimum Gasteiger partial charge on any atom is -0.381 e. The molecular formula is C31H46N2O. The molecule has 0 spiro atoms. The molecule has 186 valence electrons. The molecule has 4 fully saturated rings. The van der Waals surface area contributed by atoms with Crippen molar-refractivity contribution in [2.75, 3.05) is 13.2 Å². The van der Waals surface area contributed by atoms with Gasteiger partial charge in [0.1, 0.15) is 11.8 Å². The molecule has 0 bridgehead atoms. The molecule has 34 heavy (non-hydrogen) atoms. The molecule has 5 rings (SSSR count). The molecule has 0 saturated heterocycles. The van der Waals surface area contributed by atoms with Gasteiger partial charge in [-0.1, -0.05) is 19.9 Å². The molecule has 9 atom stereocenters. The topological polar surface area (TPSA) is 45.9 Å². The van der Waals surface area contributed by atoms with Crippen LogP contribution in [0.5, 0.6) is 0 Å². The van der Waals surface area contributed by atoms with E-state index in [1.165, 1.54) is 57.8 Å². The fourth-order valence-corrected chi connectivity index (χ4v) is 9.70. The van der Waals surface area contributed by atoms with Gasteiger partial charge in [0.15, 0.2) is 0 Å². The fourth-order valence-electron chi connectivity index (χ4n) is 9.70. The molecule has 4 saturated carbocycles. The van der Waals surface area contributed by atoms with Crippen LogP contribution < -0.4 is 0 Å². The van der Waals surface area contributed by atoms with Crippen LogP contribution in [0.25, 0.3) is 0 Å². The van der Waals surface area contributed by atoms with Gasteiger partial charge in [-0.05, 0) is 142 Å². The first-order valence-electron chi connectivity index (χ1n) is 14.4. The van der Waals surface area contributed by atoms with Gasteiger partial charge in [-0.2, -0.15) is 5.26 Å². The second kappa shape index (κ2) is 9.93. The number of nitriles is 1. The molecule has 1 heterocycles. The summed E-state index contributed by atoms with van der Waals surface area (Å²) in [5, 5.41) is 9.62. The van der Waals surface area contributed by atoms with Crippen molar-refractivity contribution in [3.8, 4) is 6.07 Å². The number of hydrogen-bond acceptors (Lipinski definition) is 3. The van der Waals surface area contributed by atoms with Crippen LogP contribution in [0.4, 0.5) is 0 Å². The number of pyridine rings is 1. The van der Waals surface area contributed by atoms with Crippen molar-refractivity contribution < 1.29 is 4.74 Å².